The Morgan fingerprint density at radius 3 is 1.02 bits per heavy atom. The van der Waals surface area contributed by atoms with Crippen molar-refractivity contribution >= 4 is 23.7 Å². The van der Waals surface area contributed by atoms with E-state index >= 15 is 0 Å². The van der Waals surface area contributed by atoms with Crippen LogP contribution in [0.4, 0.5) is 0 Å². The second-order valence-corrected chi connectivity index (χ2v) is 14.3. The van der Waals surface area contributed by atoms with Crippen molar-refractivity contribution in [3.05, 3.63) is 0 Å². The predicted molar refractivity (Wildman–Crippen MR) is 180 cm³/mol. The van der Waals surface area contributed by atoms with Crippen LogP contribution in [0.25, 0.3) is 0 Å². The molecule has 0 aliphatic heterocycles. The maximum absolute atomic E-state index is 11.8. The van der Waals surface area contributed by atoms with Crippen LogP contribution in [0.15, 0.2) is 0 Å². The normalized spacial score (nSPS) is 12.9. The van der Waals surface area contributed by atoms with Crippen LogP contribution in [0.2, 0.25) is 0 Å². The van der Waals surface area contributed by atoms with Crippen molar-refractivity contribution in [2.45, 2.75) is 211 Å². The second kappa shape index (κ2) is 30.7. The topological polar surface area (TPSA) is 74.6 Å². The van der Waals surface area contributed by atoms with E-state index in [9.17, 15) is 14.7 Å². The molecule has 0 radical (unpaired) electrons. The number of hydrogen-bond acceptors (Lipinski definition) is 3. The Hall–Kier alpha value is -0.710. The molecule has 0 aliphatic rings. The van der Waals surface area contributed by atoms with Crippen molar-refractivity contribution in [3.8, 4) is 0 Å². The summed E-state index contributed by atoms with van der Waals surface area (Å²) in [5.74, 6) is -1.02. The molecule has 5 heteroatoms. The highest BCUT2D eigenvalue weighted by molar-refractivity contribution is 8.00. The summed E-state index contributed by atoms with van der Waals surface area (Å²) in [5, 5.41) is 18.9. The summed E-state index contributed by atoms with van der Waals surface area (Å²) in [5.41, 5.74) is 0. The molecule has 0 amide bonds. The Bertz CT molecular complexity index is 582. The third kappa shape index (κ3) is 29.2. The first kappa shape index (κ1) is 40.3. The Balaban J connectivity index is 4.19. The fourth-order valence-electron chi connectivity index (χ4n) is 6.06. The molecule has 4 nitrogen and oxygen atoms in total. The maximum atomic E-state index is 11.8. The first-order valence-electron chi connectivity index (χ1n) is 18.0. The van der Waals surface area contributed by atoms with E-state index in [4.69, 9.17) is 5.11 Å². The molecule has 0 aromatic carbocycles. The number of carboxylic acid groups (broad SMARTS) is 2. The number of thioether (sulfide) groups is 1. The van der Waals surface area contributed by atoms with E-state index in [0.29, 0.717) is 5.75 Å². The Morgan fingerprint density at radius 1 is 0.463 bits per heavy atom. The largest absolute Gasteiger partial charge is 0.481 e. The summed E-state index contributed by atoms with van der Waals surface area (Å²) in [6.45, 7) is 4.53. The van der Waals surface area contributed by atoms with Crippen LogP contribution in [0.1, 0.15) is 206 Å². The van der Waals surface area contributed by atoms with Gasteiger partial charge in [0.2, 0.25) is 0 Å². The number of carbonyl (C=O) groups is 2. The van der Waals surface area contributed by atoms with Gasteiger partial charge in [-0.15, -0.1) is 0 Å². The summed E-state index contributed by atoms with van der Waals surface area (Å²) in [7, 11) is 0. The van der Waals surface area contributed by atoms with Crippen molar-refractivity contribution in [3.63, 3.8) is 0 Å². The zero-order chi connectivity index (χ0) is 30.3. The molecule has 244 valence electrons. The van der Waals surface area contributed by atoms with Gasteiger partial charge in [0.1, 0.15) is 0 Å². The molecule has 0 aromatic heterocycles. The van der Waals surface area contributed by atoms with Crippen LogP contribution in [-0.4, -0.2) is 32.7 Å². The Labute approximate surface area is 260 Å². The highest BCUT2D eigenvalue weighted by atomic mass is 32.2. The van der Waals surface area contributed by atoms with Crippen LogP contribution >= 0.6 is 11.8 Å². The smallest absolute Gasteiger partial charge is 0.304 e. The lowest BCUT2D eigenvalue weighted by Gasteiger charge is -2.32. The molecule has 41 heavy (non-hydrogen) atoms. The van der Waals surface area contributed by atoms with Gasteiger partial charge in [-0.2, -0.15) is 11.8 Å². The molecule has 2 N–H and O–H groups in total. The van der Waals surface area contributed by atoms with Crippen LogP contribution in [0.3, 0.4) is 0 Å². The monoisotopic (exact) mass is 598 g/mol. The first-order chi connectivity index (χ1) is 20.0. The van der Waals surface area contributed by atoms with Gasteiger partial charge in [-0.25, -0.2) is 0 Å². The van der Waals surface area contributed by atoms with Crippen LogP contribution in [0.5, 0.6) is 0 Å². The summed E-state index contributed by atoms with van der Waals surface area (Å²) >= 11 is 1.63. The minimum Gasteiger partial charge on any atom is -0.481 e. The molecular formula is C36H70O4S. The van der Waals surface area contributed by atoms with Gasteiger partial charge in [-0.05, 0) is 12.8 Å². The highest BCUT2D eigenvalue weighted by Crippen LogP contribution is 2.40. The molecule has 0 aromatic rings. The molecule has 0 saturated heterocycles. The van der Waals surface area contributed by atoms with E-state index in [1.165, 1.54) is 141 Å². The molecule has 0 aliphatic carbocycles. The van der Waals surface area contributed by atoms with Gasteiger partial charge in [0, 0.05) is 10.5 Å². The fourth-order valence-corrected chi connectivity index (χ4v) is 7.57. The van der Waals surface area contributed by atoms with E-state index in [0.717, 1.165) is 38.5 Å². The van der Waals surface area contributed by atoms with Crippen LogP contribution in [0, 0.1) is 0 Å². The van der Waals surface area contributed by atoms with Crippen molar-refractivity contribution < 1.29 is 19.8 Å². The molecule has 0 bridgehead atoms. The van der Waals surface area contributed by atoms with E-state index in [1.54, 1.807) is 11.8 Å². The Kier molecular flexibility index (Phi) is 30.2. The summed E-state index contributed by atoms with van der Waals surface area (Å²) in [6.07, 6.45) is 36.2. The second-order valence-electron chi connectivity index (χ2n) is 12.7. The van der Waals surface area contributed by atoms with Crippen LogP contribution < -0.4 is 0 Å². The first-order valence-corrected chi connectivity index (χ1v) is 19.0. The van der Waals surface area contributed by atoms with Gasteiger partial charge in [0.25, 0.3) is 0 Å². The van der Waals surface area contributed by atoms with Crippen molar-refractivity contribution in [2.75, 3.05) is 5.75 Å². The molecule has 0 rings (SSSR count). The number of aliphatic carboxylic acids is 2. The summed E-state index contributed by atoms with van der Waals surface area (Å²) in [6, 6.07) is 0. The average molecular weight is 599 g/mol. The number of rotatable bonds is 34. The standard InChI is InChI=1S/C36H70O4S/c1-3-5-7-9-11-13-15-16-17-18-19-20-22-24-26-28-31-36(33-35(39)40,41-32-29-34(37)38)30-27-25-23-21-14-12-10-8-6-4-2/h3-33H2,1-2H3,(H,37,38)(H,39,40). The highest BCUT2D eigenvalue weighted by Gasteiger charge is 2.32. The Morgan fingerprint density at radius 2 is 0.756 bits per heavy atom. The van der Waals surface area contributed by atoms with Gasteiger partial charge in [-0.1, -0.05) is 181 Å². The molecule has 0 saturated carbocycles. The minimum absolute atomic E-state index is 0.114. The third-order valence-electron chi connectivity index (χ3n) is 8.67. The van der Waals surface area contributed by atoms with Gasteiger partial charge in [0.15, 0.2) is 0 Å². The molecule has 0 heterocycles. The lowest BCUT2D eigenvalue weighted by molar-refractivity contribution is -0.138. The van der Waals surface area contributed by atoms with E-state index in [2.05, 4.69) is 13.8 Å². The van der Waals surface area contributed by atoms with Crippen LogP contribution in [-0.2, 0) is 9.59 Å². The molecule has 0 fully saturated rings. The van der Waals surface area contributed by atoms with Crippen molar-refractivity contribution in [1.29, 1.82) is 0 Å². The molecular weight excluding hydrogens is 528 g/mol. The number of hydrogen-bond donors (Lipinski definition) is 2. The molecule has 1 unspecified atom stereocenters. The SMILES string of the molecule is CCCCCCCCCCCCCCCCCCC(CCCCCCCCCCCC)(CC(=O)O)SCCC(=O)O. The molecule has 1 atom stereocenters. The van der Waals surface area contributed by atoms with Crippen molar-refractivity contribution in [1.82, 2.24) is 0 Å². The zero-order valence-corrected chi connectivity index (χ0v) is 28.4. The minimum atomic E-state index is -0.789. The molecule has 0 spiro atoms. The summed E-state index contributed by atoms with van der Waals surface area (Å²) < 4.78 is -0.308. The summed E-state index contributed by atoms with van der Waals surface area (Å²) in [4.78, 5) is 23.0. The maximum Gasteiger partial charge on any atom is 0.304 e. The van der Waals surface area contributed by atoms with Gasteiger partial charge >= 0.3 is 11.9 Å². The van der Waals surface area contributed by atoms with Gasteiger partial charge in [-0.3, -0.25) is 9.59 Å². The third-order valence-corrected chi connectivity index (χ3v) is 10.2. The van der Waals surface area contributed by atoms with E-state index in [-0.39, 0.29) is 17.6 Å². The lowest BCUT2D eigenvalue weighted by Crippen LogP contribution is -2.29. The van der Waals surface area contributed by atoms with Gasteiger partial charge in [0.05, 0.1) is 12.8 Å². The fraction of sp³-hybridized carbons (Fsp3) is 0.944. The zero-order valence-electron chi connectivity index (χ0n) is 27.5. The van der Waals surface area contributed by atoms with Gasteiger partial charge < -0.3 is 10.2 Å². The number of carboxylic acids is 2. The predicted octanol–water partition coefficient (Wildman–Crippen LogP) is 12.4. The van der Waals surface area contributed by atoms with E-state index < -0.39 is 11.9 Å². The van der Waals surface area contributed by atoms with Crippen molar-refractivity contribution in [2.24, 2.45) is 0 Å². The number of unbranched alkanes of at least 4 members (excludes halogenated alkanes) is 24. The van der Waals surface area contributed by atoms with E-state index in [1.807, 2.05) is 0 Å². The average Bonchev–Trinajstić information content (AvgIpc) is 2.93. The quantitative estimate of drug-likeness (QED) is 0.0721. The lowest BCUT2D eigenvalue weighted by atomic mass is 9.90.